The molecule has 13 heavy (non-hydrogen) atoms. The first-order valence-electron chi connectivity index (χ1n) is 3.54. The molecule has 0 spiro atoms. The van der Waals surface area contributed by atoms with Crippen LogP contribution in [-0.4, -0.2) is 17.2 Å². The zero-order valence-electron chi connectivity index (χ0n) is 7.27. The summed E-state index contributed by atoms with van der Waals surface area (Å²) in [7, 11) is 0. The fourth-order valence-electron chi connectivity index (χ4n) is 0.864. The number of ketones is 1. The summed E-state index contributed by atoms with van der Waals surface area (Å²) in [5.41, 5.74) is 0.602. The van der Waals surface area contributed by atoms with Gasteiger partial charge in [0.2, 0.25) is 11.5 Å². The van der Waals surface area contributed by atoms with Gasteiger partial charge >= 0.3 is 0 Å². The van der Waals surface area contributed by atoms with E-state index >= 15 is 0 Å². The second kappa shape index (κ2) is 3.63. The highest BCUT2D eigenvalue weighted by Crippen LogP contribution is 2.23. The van der Waals surface area contributed by atoms with Crippen LogP contribution in [0.4, 0.5) is 5.13 Å². The van der Waals surface area contributed by atoms with E-state index in [1.165, 1.54) is 6.92 Å². The molecule has 0 aliphatic carbocycles. The van der Waals surface area contributed by atoms with E-state index in [4.69, 9.17) is 5.84 Å². The lowest BCUT2D eigenvalue weighted by Crippen LogP contribution is -2.28. The van der Waals surface area contributed by atoms with Crippen LogP contribution in [-0.2, 0) is 4.79 Å². The monoisotopic (exact) mass is 199 g/mol. The van der Waals surface area contributed by atoms with Gasteiger partial charge in [-0.1, -0.05) is 11.3 Å². The minimum absolute atomic E-state index is 0.0689. The maximum absolute atomic E-state index is 11.0. The van der Waals surface area contributed by atoms with Gasteiger partial charge in [-0.2, -0.15) is 0 Å². The van der Waals surface area contributed by atoms with Crippen LogP contribution in [0, 0.1) is 6.92 Å². The van der Waals surface area contributed by atoms with E-state index in [9.17, 15) is 9.59 Å². The van der Waals surface area contributed by atoms with Gasteiger partial charge in [0.1, 0.15) is 0 Å². The summed E-state index contributed by atoms with van der Waals surface area (Å²) in [6.07, 6.45) is 0.447. The number of hydrogen-bond acceptors (Lipinski definition) is 5. The van der Waals surface area contributed by atoms with E-state index in [-0.39, 0.29) is 5.78 Å². The summed E-state index contributed by atoms with van der Waals surface area (Å²) in [6.45, 7) is 3.15. The molecule has 1 amide bonds. The lowest BCUT2D eigenvalue weighted by atomic mass is 10.3. The molecule has 0 unspecified atom stereocenters. The third-order valence-corrected chi connectivity index (χ3v) is 2.71. The number of hydrogen-bond donors (Lipinski definition) is 1. The van der Waals surface area contributed by atoms with Crippen molar-refractivity contribution < 1.29 is 9.59 Å². The Kier molecular flexibility index (Phi) is 2.74. The first-order chi connectivity index (χ1) is 6.06. The number of nitrogens with two attached hydrogens (primary N) is 1. The molecule has 0 fully saturated rings. The number of carbonyl (C=O) groups excluding carboxylic acids is 2. The third-order valence-electron chi connectivity index (χ3n) is 1.44. The Morgan fingerprint density at radius 3 is 2.69 bits per heavy atom. The van der Waals surface area contributed by atoms with E-state index in [1.54, 1.807) is 6.92 Å². The molecular formula is C7H9N3O2S. The molecule has 2 N–H and O–H groups in total. The molecule has 1 rings (SSSR count). The minimum Gasteiger partial charge on any atom is -0.294 e. The molecule has 1 heterocycles. The van der Waals surface area contributed by atoms with E-state index in [0.29, 0.717) is 22.1 Å². The summed E-state index contributed by atoms with van der Waals surface area (Å²) >= 11 is 1.11. The van der Waals surface area contributed by atoms with Crippen molar-refractivity contribution in [2.75, 3.05) is 5.01 Å². The van der Waals surface area contributed by atoms with E-state index < -0.39 is 0 Å². The van der Waals surface area contributed by atoms with Gasteiger partial charge in [0.05, 0.1) is 10.6 Å². The molecule has 5 nitrogen and oxygen atoms in total. The highest BCUT2D eigenvalue weighted by atomic mass is 32.1. The minimum atomic E-state index is -0.0689. The number of nitrogens with zero attached hydrogens (tertiary/aromatic N) is 2. The second-order valence-electron chi connectivity index (χ2n) is 2.48. The van der Waals surface area contributed by atoms with Crippen LogP contribution >= 0.6 is 11.3 Å². The number of amides is 1. The lowest BCUT2D eigenvalue weighted by molar-refractivity contribution is -0.107. The first-order valence-corrected chi connectivity index (χ1v) is 4.35. The van der Waals surface area contributed by atoms with Crippen molar-refractivity contribution in [3.8, 4) is 0 Å². The molecule has 0 aromatic carbocycles. The topological polar surface area (TPSA) is 76.3 Å². The predicted octanol–water partition coefficient (Wildman–Crippen LogP) is 0.491. The van der Waals surface area contributed by atoms with Gasteiger partial charge in [-0.3, -0.25) is 9.59 Å². The van der Waals surface area contributed by atoms with Gasteiger partial charge in [0.15, 0.2) is 5.78 Å². The molecule has 0 atom stereocenters. The first kappa shape index (κ1) is 9.82. The van der Waals surface area contributed by atoms with E-state index in [0.717, 1.165) is 16.3 Å². The van der Waals surface area contributed by atoms with Crippen LogP contribution < -0.4 is 10.9 Å². The second-order valence-corrected chi connectivity index (χ2v) is 3.46. The number of thiazole rings is 1. The Labute approximate surface area is 79.1 Å². The number of Topliss-reactive ketones (excluding diaryl/α,β-unsaturated/α-hetero) is 1. The number of hydrazine groups is 1. The van der Waals surface area contributed by atoms with Crippen molar-refractivity contribution in [3.05, 3.63) is 10.6 Å². The quantitative estimate of drug-likeness (QED) is 0.253. The molecule has 0 aliphatic rings. The van der Waals surface area contributed by atoms with Gasteiger partial charge in [-0.15, -0.1) is 0 Å². The summed E-state index contributed by atoms with van der Waals surface area (Å²) in [6, 6.07) is 0. The summed E-state index contributed by atoms with van der Waals surface area (Å²) in [5, 5.41) is 1.18. The molecule has 6 heteroatoms. The molecule has 0 radical (unpaired) electrons. The summed E-state index contributed by atoms with van der Waals surface area (Å²) in [4.78, 5) is 25.8. The van der Waals surface area contributed by atoms with Crippen LogP contribution in [0.5, 0.6) is 0 Å². The van der Waals surface area contributed by atoms with Crippen molar-refractivity contribution >= 4 is 28.7 Å². The Hall–Kier alpha value is -1.27. The van der Waals surface area contributed by atoms with Gasteiger partial charge in [0.25, 0.3) is 0 Å². The van der Waals surface area contributed by atoms with Gasteiger partial charge in [0, 0.05) is 6.92 Å². The number of anilines is 1. The standard InChI is InChI=1S/C7H9N3O2S/c1-4-6(5(2)12)13-7(9-4)10(8)3-11/h3H,8H2,1-2H3. The number of aromatic nitrogens is 1. The summed E-state index contributed by atoms with van der Waals surface area (Å²) in [5.74, 6) is 5.21. The number of rotatable bonds is 3. The average Bonchev–Trinajstić information content (AvgIpc) is 2.46. The van der Waals surface area contributed by atoms with E-state index in [2.05, 4.69) is 4.98 Å². The van der Waals surface area contributed by atoms with Crippen molar-refractivity contribution in [2.45, 2.75) is 13.8 Å². The predicted molar refractivity (Wildman–Crippen MR) is 49.6 cm³/mol. The zero-order valence-corrected chi connectivity index (χ0v) is 8.09. The maximum Gasteiger partial charge on any atom is 0.230 e. The van der Waals surface area contributed by atoms with Crippen molar-refractivity contribution in [1.29, 1.82) is 0 Å². The van der Waals surface area contributed by atoms with Crippen LogP contribution in [0.25, 0.3) is 0 Å². The van der Waals surface area contributed by atoms with E-state index in [1.807, 2.05) is 0 Å². The smallest absolute Gasteiger partial charge is 0.230 e. The molecule has 1 aromatic rings. The summed E-state index contributed by atoms with van der Waals surface area (Å²) < 4.78 is 0. The fourth-order valence-corrected chi connectivity index (χ4v) is 1.72. The van der Waals surface area contributed by atoms with Gasteiger partial charge in [-0.25, -0.2) is 15.8 Å². The molecule has 0 saturated carbocycles. The Balaban J connectivity index is 3.08. The average molecular weight is 199 g/mol. The van der Waals surface area contributed by atoms with Crippen LogP contribution in [0.3, 0.4) is 0 Å². The molecular weight excluding hydrogens is 190 g/mol. The Morgan fingerprint density at radius 1 is 1.69 bits per heavy atom. The third kappa shape index (κ3) is 1.90. The molecule has 70 valence electrons. The lowest BCUT2D eigenvalue weighted by Gasteiger charge is -2.02. The normalized spacial score (nSPS) is 9.77. The van der Waals surface area contributed by atoms with Crippen LogP contribution in [0.15, 0.2) is 0 Å². The largest absolute Gasteiger partial charge is 0.294 e. The zero-order chi connectivity index (χ0) is 10.0. The van der Waals surface area contributed by atoms with Crippen molar-refractivity contribution in [2.24, 2.45) is 5.84 Å². The Bertz CT molecular complexity index is 348. The molecule has 1 aromatic heterocycles. The molecule has 0 aliphatic heterocycles. The van der Waals surface area contributed by atoms with Gasteiger partial charge in [-0.05, 0) is 6.92 Å². The van der Waals surface area contributed by atoms with Crippen LogP contribution in [0.2, 0.25) is 0 Å². The fraction of sp³-hybridized carbons (Fsp3) is 0.286. The molecule has 0 saturated heterocycles. The maximum atomic E-state index is 11.0. The SMILES string of the molecule is CC(=O)c1sc(N(N)C=O)nc1C. The van der Waals surface area contributed by atoms with Gasteiger partial charge < -0.3 is 0 Å². The van der Waals surface area contributed by atoms with Crippen molar-refractivity contribution in [3.63, 3.8) is 0 Å². The number of carbonyl (C=O) groups is 2. The highest BCUT2D eigenvalue weighted by Gasteiger charge is 2.13. The Morgan fingerprint density at radius 2 is 2.31 bits per heavy atom. The number of aryl methyl sites for hydroxylation is 1. The molecule has 0 bridgehead atoms. The highest BCUT2D eigenvalue weighted by molar-refractivity contribution is 7.17. The van der Waals surface area contributed by atoms with Crippen LogP contribution in [0.1, 0.15) is 22.3 Å². The van der Waals surface area contributed by atoms with Crippen molar-refractivity contribution in [1.82, 2.24) is 4.98 Å².